The second-order valence-electron chi connectivity index (χ2n) is 8.91. The van der Waals surface area contributed by atoms with Gasteiger partial charge in [0, 0.05) is 17.6 Å². The maximum atomic E-state index is 13.8. The number of carbonyl (C=O) groups is 3. The highest BCUT2D eigenvalue weighted by molar-refractivity contribution is 8.14. The van der Waals surface area contributed by atoms with Crippen LogP contribution in [0.1, 0.15) is 36.5 Å². The predicted molar refractivity (Wildman–Crippen MR) is 137 cm³/mol. The van der Waals surface area contributed by atoms with Crippen LogP contribution in [-0.4, -0.2) is 51.2 Å². The summed E-state index contributed by atoms with van der Waals surface area (Å²) in [5.41, 5.74) is 0.560. The summed E-state index contributed by atoms with van der Waals surface area (Å²) < 4.78 is 5.57. The van der Waals surface area contributed by atoms with Gasteiger partial charge in [0.1, 0.15) is 27.9 Å². The summed E-state index contributed by atoms with van der Waals surface area (Å²) >= 11 is 2.89. The normalized spacial score (nSPS) is 25.5. The number of nitrogens with one attached hydrogen (secondary N) is 2. The lowest BCUT2D eigenvalue weighted by Gasteiger charge is -2.29. The van der Waals surface area contributed by atoms with Gasteiger partial charge in [0.05, 0.1) is 13.0 Å². The van der Waals surface area contributed by atoms with E-state index in [1.807, 2.05) is 49.6 Å². The first kappa shape index (κ1) is 25.1. The van der Waals surface area contributed by atoms with E-state index in [1.165, 1.54) is 29.2 Å². The monoisotopic (exact) mass is 512 g/mol. The quantitative estimate of drug-likeness (QED) is 0.482. The van der Waals surface area contributed by atoms with E-state index in [0.717, 1.165) is 10.6 Å². The van der Waals surface area contributed by atoms with Gasteiger partial charge in [-0.2, -0.15) is 0 Å². The molecule has 0 saturated carbocycles. The molecule has 35 heavy (non-hydrogen) atoms. The van der Waals surface area contributed by atoms with Crippen molar-refractivity contribution in [2.24, 2.45) is 10.9 Å². The van der Waals surface area contributed by atoms with Crippen molar-refractivity contribution >= 4 is 45.9 Å². The summed E-state index contributed by atoms with van der Waals surface area (Å²) in [5.74, 6) is -1.05. The number of rotatable bonds is 4. The molecular formula is C25H28N4O4S2. The molecule has 2 aliphatic rings. The molecule has 0 unspecified atom stereocenters. The molecule has 0 fully saturated rings. The predicted octanol–water partition coefficient (Wildman–Crippen LogP) is 2.88. The molecule has 1 aromatic carbocycles. The Balaban J connectivity index is 1.73. The fourth-order valence-electron chi connectivity index (χ4n) is 3.89. The molecule has 184 valence electrons. The summed E-state index contributed by atoms with van der Waals surface area (Å²) in [6.07, 6.45) is 0.929. The molecule has 0 radical (unpaired) electrons. The highest BCUT2D eigenvalue weighted by Crippen LogP contribution is 2.35. The van der Waals surface area contributed by atoms with Crippen LogP contribution < -0.4 is 10.6 Å². The molecule has 2 amide bonds. The third-order valence-electron chi connectivity index (χ3n) is 5.86. The van der Waals surface area contributed by atoms with Crippen LogP contribution in [-0.2, 0) is 32.1 Å². The first-order valence-electron chi connectivity index (χ1n) is 11.4. The Morgan fingerprint density at radius 1 is 1.26 bits per heavy atom. The third kappa shape index (κ3) is 5.82. The van der Waals surface area contributed by atoms with E-state index in [0.29, 0.717) is 22.9 Å². The lowest BCUT2D eigenvalue weighted by molar-refractivity contribution is -0.153. The van der Waals surface area contributed by atoms with Gasteiger partial charge in [-0.25, -0.2) is 9.78 Å². The van der Waals surface area contributed by atoms with Crippen LogP contribution in [0.2, 0.25) is 0 Å². The molecule has 10 heteroatoms. The summed E-state index contributed by atoms with van der Waals surface area (Å²) in [5, 5.41) is 9.01. The molecule has 0 spiro atoms. The van der Waals surface area contributed by atoms with Crippen molar-refractivity contribution in [2.75, 3.05) is 5.75 Å². The van der Waals surface area contributed by atoms with Crippen molar-refractivity contribution in [3.63, 3.8) is 0 Å². The number of esters is 1. The minimum absolute atomic E-state index is 0.0628. The lowest BCUT2D eigenvalue weighted by atomic mass is 9.91. The number of ether oxygens (including phenoxy) is 1. The first-order valence-corrected chi connectivity index (χ1v) is 13.3. The number of amides is 2. The first-order chi connectivity index (χ1) is 16.8. The van der Waals surface area contributed by atoms with Crippen molar-refractivity contribution in [1.29, 1.82) is 0 Å². The van der Waals surface area contributed by atoms with E-state index in [4.69, 9.17) is 9.73 Å². The number of aromatic nitrogens is 1. The Morgan fingerprint density at radius 3 is 2.74 bits per heavy atom. The SMILES string of the molecule is C=C[C@@H]1CC(=O)NCc2nc(cs2)C2=N[C@@](Cc3ccccc3)(CS2)C(=O)N[C@@H](C(C)C)C(=O)O1. The molecule has 0 aliphatic carbocycles. The largest absolute Gasteiger partial charge is 0.456 e. The zero-order valence-corrected chi connectivity index (χ0v) is 21.3. The maximum Gasteiger partial charge on any atom is 0.329 e. The molecule has 1 aromatic heterocycles. The number of nitrogens with zero attached hydrogens (tertiary/aromatic N) is 2. The number of cyclic esters (lactones) is 1. The Hall–Kier alpha value is -2.98. The van der Waals surface area contributed by atoms with Crippen molar-refractivity contribution in [3.8, 4) is 0 Å². The fourth-order valence-corrected chi connectivity index (χ4v) is 5.85. The number of thiazole rings is 1. The molecule has 3 atom stereocenters. The van der Waals surface area contributed by atoms with Crippen molar-refractivity contribution in [1.82, 2.24) is 15.6 Å². The van der Waals surface area contributed by atoms with E-state index in [-0.39, 0.29) is 30.7 Å². The number of hydrogen-bond donors (Lipinski definition) is 2. The van der Waals surface area contributed by atoms with Gasteiger partial charge in [-0.1, -0.05) is 56.8 Å². The van der Waals surface area contributed by atoms with Crippen molar-refractivity contribution < 1.29 is 19.1 Å². The van der Waals surface area contributed by atoms with Gasteiger partial charge >= 0.3 is 5.97 Å². The minimum atomic E-state index is -1.10. The molecule has 3 heterocycles. The van der Waals surface area contributed by atoms with E-state index in [2.05, 4.69) is 22.2 Å². The van der Waals surface area contributed by atoms with Crippen LogP contribution in [0, 0.1) is 5.92 Å². The van der Waals surface area contributed by atoms with Gasteiger partial charge in [-0.05, 0) is 11.5 Å². The molecule has 4 bridgehead atoms. The number of aliphatic imine (C=N–C) groups is 1. The number of carbonyl (C=O) groups excluding carboxylic acids is 3. The maximum absolute atomic E-state index is 13.8. The Kier molecular flexibility index (Phi) is 7.71. The van der Waals surface area contributed by atoms with Crippen molar-refractivity contribution in [2.45, 2.75) is 50.9 Å². The standard InChI is InChI=1S/C25H28N4O4S2/c1-4-17-10-19(30)26-12-20-27-18(13-34-20)22-29-25(14-35-22,11-16-8-6-5-7-9-16)24(32)28-21(15(2)3)23(31)33-17/h4-9,13,15,17,21H,1,10-12,14H2,2-3H3,(H,26,30)(H,28,32)/t17-,21+,25+/m1/s1. The van der Waals surface area contributed by atoms with E-state index < -0.39 is 23.7 Å². The van der Waals surface area contributed by atoms with Gasteiger partial charge < -0.3 is 15.4 Å². The van der Waals surface area contributed by atoms with Gasteiger partial charge in [0.25, 0.3) is 0 Å². The molecule has 2 aliphatic heterocycles. The number of thioether (sulfide) groups is 1. The van der Waals surface area contributed by atoms with Crippen LogP contribution in [0.4, 0.5) is 0 Å². The van der Waals surface area contributed by atoms with Crippen molar-refractivity contribution in [3.05, 3.63) is 64.6 Å². The Bertz CT molecular complexity index is 1150. The van der Waals surface area contributed by atoms with Crippen LogP contribution in [0.3, 0.4) is 0 Å². The van der Waals surface area contributed by atoms with Gasteiger partial charge in [-0.3, -0.25) is 14.6 Å². The van der Waals surface area contributed by atoms with Crippen LogP contribution in [0.5, 0.6) is 0 Å². The Morgan fingerprint density at radius 2 is 2.03 bits per heavy atom. The topological polar surface area (TPSA) is 110 Å². The average molecular weight is 513 g/mol. The molecule has 0 saturated heterocycles. The van der Waals surface area contributed by atoms with Gasteiger partial charge in [0.15, 0.2) is 5.54 Å². The highest BCUT2D eigenvalue weighted by Gasteiger charge is 2.45. The smallest absolute Gasteiger partial charge is 0.329 e. The molecule has 2 N–H and O–H groups in total. The fraction of sp³-hybridized carbons (Fsp3) is 0.400. The second kappa shape index (κ2) is 10.7. The van der Waals surface area contributed by atoms with Crippen LogP contribution in [0.15, 0.2) is 53.4 Å². The van der Waals surface area contributed by atoms with E-state index in [9.17, 15) is 14.4 Å². The summed E-state index contributed by atoms with van der Waals surface area (Å²) in [6.45, 7) is 7.61. The summed E-state index contributed by atoms with van der Waals surface area (Å²) in [7, 11) is 0. The lowest BCUT2D eigenvalue weighted by Crippen LogP contribution is -2.55. The number of fused-ring (bicyclic) bond motifs is 4. The van der Waals surface area contributed by atoms with Crippen LogP contribution in [0.25, 0.3) is 0 Å². The zero-order valence-electron chi connectivity index (χ0n) is 19.7. The average Bonchev–Trinajstić information content (AvgIpc) is 3.48. The highest BCUT2D eigenvalue weighted by atomic mass is 32.2. The van der Waals surface area contributed by atoms with E-state index in [1.54, 1.807) is 0 Å². The van der Waals surface area contributed by atoms with Gasteiger partial charge in [-0.15, -0.1) is 23.1 Å². The molecule has 2 aromatic rings. The number of benzene rings is 1. The van der Waals surface area contributed by atoms with E-state index >= 15 is 0 Å². The molecular weight excluding hydrogens is 484 g/mol. The number of hydrogen-bond acceptors (Lipinski definition) is 8. The van der Waals surface area contributed by atoms with Gasteiger partial charge in [0.2, 0.25) is 11.8 Å². The van der Waals surface area contributed by atoms with Crippen LogP contribution >= 0.6 is 23.1 Å². The summed E-state index contributed by atoms with van der Waals surface area (Å²) in [4.78, 5) is 48.8. The molecule has 4 rings (SSSR count). The summed E-state index contributed by atoms with van der Waals surface area (Å²) in [6, 6.07) is 8.81. The second-order valence-corrected chi connectivity index (χ2v) is 10.8. The third-order valence-corrected chi connectivity index (χ3v) is 7.90. The Labute approximate surface area is 212 Å². The zero-order chi connectivity index (χ0) is 25.0. The minimum Gasteiger partial charge on any atom is -0.456 e. The molecule has 8 nitrogen and oxygen atoms in total.